The van der Waals surface area contributed by atoms with Crippen LogP contribution in [0.15, 0.2) is 68.7 Å². The molecule has 0 amide bonds. The van der Waals surface area contributed by atoms with Crippen LogP contribution < -0.4 is 10.3 Å². The van der Waals surface area contributed by atoms with Gasteiger partial charge >= 0.3 is 5.63 Å². The van der Waals surface area contributed by atoms with E-state index in [1.54, 1.807) is 12.1 Å². The Labute approximate surface area is 143 Å². The van der Waals surface area contributed by atoms with Crippen molar-refractivity contribution in [2.75, 3.05) is 6.54 Å². The Hall–Kier alpha value is -2.15. The lowest BCUT2D eigenvalue weighted by molar-refractivity contribution is 0.560. The Balaban J connectivity index is 1.75. The minimum atomic E-state index is -3.64. The number of halogens is 1. The molecule has 0 radical (unpaired) electrons. The fourth-order valence-corrected chi connectivity index (χ4v) is 3.60. The highest BCUT2D eigenvalue weighted by atomic mass is 35.5. The van der Waals surface area contributed by atoms with E-state index >= 15 is 0 Å². The predicted octanol–water partition coefficient (Wildman–Crippen LogP) is 2.97. The van der Waals surface area contributed by atoms with E-state index in [0.29, 0.717) is 22.4 Å². The van der Waals surface area contributed by atoms with Gasteiger partial charge in [-0.05, 0) is 48.4 Å². The zero-order valence-electron chi connectivity index (χ0n) is 12.5. The summed E-state index contributed by atoms with van der Waals surface area (Å²) >= 11 is 5.91. The molecule has 3 aromatic rings. The molecular weight excluding hydrogens is 350 g/mol. The summed E-state index contributed by atoms with van der Waals surface area (Å²) in [5, 5.41) is 1.17. The number of nitrogens with one attached hydrogen (secondary N) is 1. The molecule has 3 rings (SSSR count). The van der Waals surface area contributed by atoms with Crippen molar-refractivity contribution in [2.24, 2.45) is 0 Å². The second kappa shape index (κ2) is 6.76. The largest absolute Gasteiger partial charge is 0.423 e. The number of benzene rings is 2. The lowest BCUT2D eigenvalue weighted by atomic mass is 10.2. The Morgan fingerprint density at radius 2 is 1.88 bits per heavy atom. The van der Waals surface area contributed by atoms with Gasteiger partial charge in [-0.2, -0.15) is 0 Å². The van der Waals surface area contributed by atoms with Crippen molar-refractivity contribution in [1.82, 2.24) is 4.72 Å². The summed E-state index contributed by atoms with van der Waals surface area (Å²) in [6.07, 6.45) is 0.530. The number of sulfonamides is 1. The highest BCUT2D eigenvalue weighted by molar-refractivity contribution is 7.89. The minimum absolute atomic E-state index is 0.120. The number of fused-ring (bicyclic) bond motifs is 1. The van der Waals surface area contributed by atoms with Gasteiger partial charge in [-0.1, -0.05) is 23.7 Å². The molecule has 1 N–H and O–H groups in total. The Morgan fingerprint density at radius 1 is 1.04 bits per heavy atom. The van der Waals surface area contributed by atoms with Crippen molar-refractivity contribution in [3.8, 4) is 0 Å². The zero-order valence-corrected chi connectivity index (χ0v) is 14.1. The van der Waals surface area contributed by atoms with Crippen molar-refractivity contribution in [3.05, 3.63) is 75.6 Å². The SMILES string of the molecule is O=c1ccc2cc(S(=O)(=O)NCCc3cccc(Cl)c3)ccc2o1. The van der Waals surface area contributed by atoms with Gasteiger partial charge in [-0.3, -0.25) is 0 Å². The molecule has 5 nitrogen and oxygen atoms in total. The third kappa shape index (κ3) is 3.84. The van der Waals surface area contributed by atoms with Crippen LogP contribution in [0.1, 0.15) is 5.56 Å². The Kier molecular flexibility index (Phi) is 4.71. The molecule has 7 heteroatoms. The smallest absolute Gasteiger partial charge is 0.336 e. The van der Waals surface area contributed by atoms with Crippen molar-refractivity contribution < 1.29 is 12.8 Å². The summed E-state index contributed by atoms with van der Waals surface area (Å²) in [6.45, 7) is 0.255. The van der Waals surface area contributed by atoms with Gasteiger partial charge in [0.05, 0.1) is 4.90 Å². The van der Waals surface area contributed by atoms with Gasteiger partial charge in [0.25, 0.3) is 0 Å². The molecule has 0 aliphatic carbocycles. The van der Waals surface area contributed by atoms with E-state index in [1.165, 1.54) is 30.3 Å². The van der Waals surface area contributed by atoms with Crippen LogP contribution in [-0.2, 0) is 16.4 Å². The lowest BCUT2D eigenvalue weighted by Crippen LogP contribution is -2.26. The summed E-state index contributed by atoms with van der Waals surface area (Å²) in [4.78, 5) is 11.3. The second-order valence-electron chi connectivity index (χ2n) is 5.23. The Bertz CT molecular complexity index is 1040. The molecule has 0 aliphatic rings. The molecule has 124 valence electrons. The molecular formula is C17H14ClNO4S. The number of hydrogen-bond acceptors (Lipinski definition) is 4. The topological polar surface area (TPSA) is 76.4 Å². The van der Waals surface area contributed by atoms with Gasteiger partial charge in [0, 0.05) is 23.0 Å². The van der Waals surface area contributed by atoms with Gasteiger partial charge in [0.2, 0.25) is 10.0 Å². The van der Waals surface area contributed by atoms with Crippen LogP contribution in [0.2, 0.25) is 5.02 Å². The van der Waals surface area contributed by atoms with Crippen LogP contribution in [0.4, 0.5) is 0 Å². The van der Waals surface area contributed by atoms with Crippen LogP contribution in [-0.4, -0.2) is 15.0 Å². The molecule has 1 heterocycles. The second-order valence-corrected chi connectivity index (χ2v) is 7.44. The van der Waals surface area contributed by atoms with Crippen molar-refractivity contribution in [1.29, 1.82) is 0 Å². The van der Waals surface area contributed by atoms with Crippen LogP contribution in [0.25, 0.3) is 11.0 Å². The maximum Gasteiger partial charge on any atom is 0.336 e. The highest BCUT2D eigenvalue weighted by Crippen LogP contribution is 2.18. The van der Waals surface area contributed by atoms with Crippen molar-refractivity contribution in [2.45, 2.75) is 11.3 Å². The summed E-state index contributed by atoms with van der Waals surface area (Å²) in [5.41, 5.74) is 0.823. The van der Waals surface area contributed by atoms with E-state index in [4.69, 9.17) is 16.0 Å². The number of rotatable bonds is 5. The van der Waals surface area contributed by atoms with E-state index in [1.807, 2.05) is 12.1 Å². The molecule has 0 aliphatic heterocycles. The summed E-state index contributed by atoms with van der Waals surface area (Å²) in [5.74, 6) is 0. The number of hydrogen-bond donors (Lipinski definition) is 1. The maximum atomic E-state index is 12.4. The first-order valence-electron chi connectivity index (χ1n) is 7.22. The molecule has 0 bridgehead atoms. The molecule has 0 spiro atoms. The molecule has 2 aromatic carbocycles. The molecule has 0 fully saturated rings. The van der Waals surface area contributed by atoms with E-state index in [9.17, 15) is 13.2 Å². The normalized spacial score (nSPS) is 11.7. The molecule has 24 heavy (non-hydrogen) atoms. The standard InChI is InChI=1S/C17H14ClNO4S/c18-14-3-1-2-12(10-14)8-9-19-24(21,22)15-5-6-16-13(11-15)4-7-17(20)23-16/h1-7,10-11,19H,8-9H2. The maximum absolute atomic E-state index is 12.4. The fourth-order valence-electron chi connectivity index (χ4n) is 2.32. The first-order valence-corrected chi connectivity index (χ1v) is 9.08. The summed E-state index contributed by atoms with van der Waals surface area (Å²) in [6, 6.07) is 14.4. The van der Waals surface area contributed by atoms with E-state index in [2.05, 4.69) is 4.72 Å². The molecule has 0 saturated carbocycles. The highest BCUT2D eigenvalue weighted by Gasteiger charge is 2.14. The van der Waals surface area contributed by atoms with Crippen LogP contribution in [0.5, 0.6) is 0 Å². The third-order valence-corrected chi connectivity index (χ3v) is 5.19. The van der Waals surface area contributed by atoms with Gasteiger partial charge in [0.1, 0.15) is 5.58 Å². The van der Waals surface area contributed by atoms with Crippen molar-refractivity contribution in [3.63, 3.8) is 0 Å². The summed E-state index contributed by atoms with van der Waals surface area (Å²) < 4.78 is 32.3. The monoisotopic (exact) mass is 363 g/mol. The lowest BCUT2D eigenvalue weighted by Gasteiger charge is -2.08. The average Bonchev–Trinajstić information content (AvgIpc) is 2.54. The molecule has 0 saturated heterocycles. The Morgan fingerprint density at radius 3 is 2.67 bits per heavy atom. The van der Waals surface area contributed by atoms with Crippen LogP contribution in [0.3, 0.4) is 0 Å². The van der Waals surface area contributed by atoms with E-state index in [-0.39, 0.29) is 11.4 Å². The first-order chi connectivity index (χ1) is 11.4. The van der Waals surface area contributed by atoms with Crippen molar-refractivity contribution >= 4 is 32.6 Å². The first kappa shape index (κ1) is 16.7. The summed E-state index contributed by atoms with van der Waals surface area (Å²) in [7, 11) is -3.64. The van der Waals surface area contributed by atoms with E-state index in [0.717, 1.165) is 5.56 Å². The molecule has 1 aromatic heterocycles. The zero-order chi connectivity index (χ0) is 17.2. The van der Waals surface area contributed by atoms with Gasteiger partial charge in [-0.15, -0.1) is 0 Å². The third-order valence-electron chi connectivity index (χ3n) is 3.50. The predicted molar refractivity (Wildman–Crippen MR) is 92.8 cm³/mol. The van der Waals surface area contributed by atoms with Crippen LogP contribution >= 0.6 is 11.6 Å². The van der Waals surface area contributed by atoms with E-state index < -0.39 is 15.6 Å². The average molecular weight is 364 g/mol. The van der Waals surface area contributed by atoms with Gasteiger partial charge in [-0.25, -0.2) is 17.9 Å². The van der Waals surface area contributed by atoms with Gasteiger partial charge < -0.3 is 4.42 Å². The molecule has 0 unspecified atom stereocenters. The quantitative estimate of drug-likeness (QED) is 0.707. The van der Waals surface area contributed by atoms with Crippen LogP contribution in [0, 0.1) is 0 Å². The fraction of sp³-hybridized carbons (Fsp3) is 0.118. The minimum Gasteiger partial charge on any atom is -0.423 e. The van der Waals surface area contributed by atoms with Gasteiger partial charge in [0.15, 0.2) is 0 Å². The molecule has 0 atom stereocenters.